The van der Waals surface area contributed by atoms with Crippen LogP contribution in [-0.4, -0.2) is 28.0 Å². The fraction of sp³-hybridized carbons (Fsp3) is 1.00. The van der Waals surface area contributed by atoms with Crippen molar-refractivity contribution >= 4 is 0 Å². The summed E-state index contributed by atoms with van der Waals surface area (Å²) >= 11 is 0. The van der Waals surface area contributed by atoms with E-state index in [1.54, 1.807) is 6.92 Å². The van der Waals surface area contributed by atoms with Crippen molar-refractivity contribution in [3.63, 3.8) is 0 Å². The highest BCUT2D eigenvalue weighted by Crippen LogP contribution is 2.68. The lowest BCUT2D eigenvalue weighted by atomic mass is 9.44. The molecule has 0 aromatic heterocycles. The Hall–Kier alpha value is -0.190. The van der Waals surface area contributed by atoms with E-state index in [0.717, 1.165) is 37.0 Å². The van der Waals surface area contributed by atoms with E-state index in [2.05, 4.69) is 13.8 Å². The SMILES string of the molecule is CC(CCC[C@@H](C)[C@H]1CC[C@H]2[C@@H]3CCC4CCCC[C@]4(C)[C@H]3CC[C@]12CF)C(O)(O)O. The quantitative estimate of drug-likeness (QED) is 0.424. The second-order valence-electron chi connectivity index (χ2n) is 12.5. The Balaban J connectivity index is 1.44. The molecule has 4 rings (SSSR count). The van der Waals surface area contributed by atoms with Crippen LogP contribution in [0.4, 0.5) is 4.39 Å². The molecular formula is C27H47FO3. The standard InChI is InChI=1S/C27H47FO3/c1-18(7-6-8-19(2)27(29,30)31)22-12-13-24-21-11-10-20-9-4-5-15-25(20,3)23(21)14-16-26(22,24)17-28/h18-24,29-31H,4-17H2,1-3H3/t18-,19?,20?,21-,22-,23+,24+,25+,26+/m1/s1. The van der Waals surface area contributed by atoms with Crippen molar-refractivity contribution in [2.75, 3.05) is 6.67 Å². The van der Waals surface area contributed by atoms with Crippen molar-refractivity contribution in [2.24, 2.45) is 52.3 Å². The van der Waals surface area contributed by atoms with Crippen LogP contribution >= 0.6 is 0 Å². The highest BCUT2D eigenvalue weighted by Gasteiger charge is 2.61. The van der Waals surface area contributed by atoms with Crippen LogP contribution < -0.4 is 0 Å². The van der Waals surface area contributed by atoms with E-state index in [1.807, 2.05) is 0 Å². The zero-order chi connectivity index (χ0) is 22.4. The van der Waals surface area contributed by atoms with Gasteiger partial charge in [0.15, 0.2) is 0 Å². The summed E-state index contributed by atoms with van der Waals surface area (Å²) < 4.78 is 14.9. The number of hydrogen-bond donors (Lipinski definition) is 3. The van der Waals surface area contributed by atoms with E-state index in [9.17, 15) is 19.7 Å². The zero-order valence-electron chi connectivity index (χ0n) is 20.2. The first-order valence-corrected chi connectivity index (χ1v) is 13.4. The van der Waals surface area contributed by atoms with Crippen LogP contribution in [0, 0.1) is 52.3 Å². The molecule has 180 valence electrons. The van der Waals surface area contributed by atoms with E-state index in [4.69, 9.17) is 0 Å². The van der Waals surface area contributed by atoms with Crippen LogP contribution in [0.15, 0.2) is 0 Å². The Morgan fingerprint density at radius 2 is 1.68 bits per heavy atom. The lowest BCUT2D eigenvalue weighted by Crippen LogP contribution is -2.54. The van der Waals surface area contributed by atoms with Crippen LogP contribution in [0.5, 0.6) is 0 Å². The average molecular weight is 439 g/mol. The van der Waals surface area contributed by atoms with Gasteiger partial charge in [0.1, 0.15) is 0 Å². The first-order valence-electron chi connectivity index (χ1n) is 13.4. The molecule has 2 unspecified atom stereocenters. The maximum absolute atomic E-state index is 14.9. The monoisotopic (exact) mass is 438 g/mol. The molecule has 0 bridgehead atoms. The Labute approximate surface area is 189 Å². The summed E-state index contributed by atoms with van der Waals surface area (Å²) in [7, 11) is 0. The number of alkyl halides is 1. The topological polar surface area (TPSA) is 60.7 Å². The molecule has 0 heterocycles. The molecule has 0 spiro atoms. The first kappa shape index (κ1) is 24.0. The number of rotatable bonds is 7. The van der Waals surface area contributed by atoms with Gasteiger partial charge in [-0.05, 0) is 98.7 Å². The van der Waals surface area contributed by atoms with Crippen LogP contribution in [0.2, 0.25) is 0 Å². The van der Waals surface area contributed by atoms with Gasteiger partial charge in [0, 0.05) is 11.3 Å². The van der Waals surface area contributed by atoms with Gasteiger partial charge in [-0.15, -0.1) is 0 Å². The van der Waals surface area contributed by atoms with Gasteiger partial charge < -0.3 is 15.3 Å². The molecule has 4 aliphatic carbocycles. The van der Waals surface area contributed by atoms with Gasteiger partial charge in [0.2, 0.25) is 0 Å². The van der Waals surface area contributed by atoms with Crippen LogP contribution in [0.3, 0.4) is 0 Å². The van der Waals surface area contributed by atoms with Crippen LogP contribution in [-0.2, 0) is 0 Å². The van der Waals surface area contributed by atoms with Crippen LogP contribution in [0.1, 0.15) is 104 Å². The van der Waals surface area contributed by atoms with Gasteiger partial charge in [0.05, 0.1) is 6.67 Å². The lowest BCUT2D eigenvalue weighted by molar-refractivity contribution is -0.340. The predicted molar refractivity (Wildman–Crippen MR) is 122 cm³/mol. The number of fused-ring (bicyclic) bond motifs is 5. The van der Waals surface area contributed by atoms with E-state index < -0.39 is 11.9 Å². The largest absolute Gasteiger partial charge is 0.343 e. The molecule has 0 radical (unpaired) electrons. The molecule has 0 aliphatic heterocycles. The Morgan fingerprint density at radius 3 is 2.39 bits per heavy atom. The third-order valence-corrected chi connectivity index (χ3v) is 11.3. The molecule has 0 amide bonds. The average Bonchev–Trinajstić information content (AvgIpc) is 3.12. The second-order valence-corrected chi connectivity index (χ2v) is 12.5. The molecule has 4 saturated carbocycles. The third-order valence-electron chi connectivity index (χ3n) is 11.3. The minimum Gasteiger partial charge on any atom is -0.343 e. The van der Waals surface area contributed by atoms with Crippen molar-refractivity contribution in [3.8, 4) is 0 Å². The Morgan fingerprint density at radius 1 is 0.903 bits per heavy atom. The minimum atomic E-state index is -2.59. The second kappa shape index (κ2) is 8.87. The summed E-state index contributed by atoms with van der Waals surface area (Å²) in [5, 5.41) is 28.1. The number of hydrogen-bond acceptors (Lipinski definition) is 3. The molecule has 3 N–H and O–H groups in total. The smallest absolute Gasteiger partial charge is 0.277 e. The van der Waals surface area contributed by atoms with Crippen molar-refractivity contribution in [1.82, 2.24) is 0 Å². The molecule has 0 aromatic carbocycles. The van der Waals surface area contributed by atoms with E-state index in [-0.39, 0.29) is 12.1 Å². The van der Waals surface area contributed by atoms with Crippen molar-refractivity contribution in [3.05, 3.63) is 0 Å². The Bertz CT molecular complexity index is 618. The lowest BCUT2D eigenvalue weighted by Gasteiger charge is -2.61. The minimum absolute atomic E-state index is 0.112. The molecule has 0 saturated heterocycles. The van der Waals surface area contributed by atoms with Crippen molar-refractivity contribution < 1.29 is 19.7 Å². The summed E-state index contributed by atoms with van der Waals surface area (Å²) in [5.74, 6) is 0.798. The van der Waals surface area contributed by atoms with E-state index in [1.165, 1.54) is 57.8 Å². The fourth-order valence-electron chi connectivity index (χ4n) is 9.40. The summed E-state index contributed by atoms with van der Waals surface area (Å²) in [6.07, 6.45) is 15.4. The first-order chi connectivity index (χ1) is 14.6. The molecule has 4 fully saturated rings. The summed E-state index contributed by atoms with van der Waals surface area (Å²) in [6.45, 7) is 6.41. The maximum Gasteiger partial charge on any atom is 0.277 e. The van der Waals surface area contributed by atoms with Crippen molar-refractivity contribution in [1.29, 1.82) is 0 Å². The molecule has 4 heteroatoms. The molecule has 0 aromatic rings. The molecular weight excluding hydrogens is 391 g/mol. The normalized spacial score (nSPS) is 44.8. The summed E-state index contributed by atoms with van der Waals surface area (Å²) in [5.41, 5.74) is 0.396. The predicted octanol–water partition coefficient (Wildman–Crippen LogP) is 6.06. The number of aliphatic hydroxyl groups is 3. The van der Waals surface area contributed by atoms with Gasteiger partial charge in [0.25, 0.3) is 5.97 Å². The van der Waals surface area contributed by atoms with E-state index >= 15 is 0 Å². The molecule has 9 atom stereocenters. The van der Waals surface area contributed by atoms with E-state index in [0.29, 0.717) is 29.6 Å². The highest BCUT2D eigenvalue weighted by molar-refractivity contribution is 5.10. The maximum atomic E-state index is 14.9. The van der Waals surface area contributed by atoms with Gasteiger partial charge in [-0.2, -0.15) is 0 Å². The van der Waals surface area contributed by atoms with Gasteiger partial charge in [-0.25, -0.2) is 0 Å². The summed E-state index contributed by atoms with van der Waals surface area (Å²) in [4.78, 5) is 0. The highest BCUT2D eigenvalue weighted by atomic mass is 19.1. The molecule has 3 nitrogen and oxygen atoms in total. The summed E-state index contributed by atoms with van der Waals surface area (Å²) in [6, 6.07) is 0. The molecule has 4 aliphatic rings. The third kappa shape index (κ3) is 4.12. The van der Waals surface area contributed by atoms with Gasteiger partial charge >= 0.3 is 0 Å². The van der Waals surface area contributed by atoms with Crippen molar-refractivity contribution in [2.45, 2.75) is 110 Å². The van der Waals surface area contributed by atoms with Gasteiger partial charge in [-0.3, -0.25) is 4.39 Å². The fourth-order valence-corrected chi connectivity index (χ4v) is 9.40. The number of halogens is 1. The molecule has 31 heavy (non-hydrogen) atoms. The Kier molecular flexibility index (Phi) is 6.85. The van der Waals surface area contributed by atoms with Gasteiger partial charge in [-0.1, -0.05) is 46.5 Å². The zero-order valence-corrected chi connectivity index (χ0v) is 20.2. The van der Waals surface area contributed by atoms with Crippen LogP contribution in [0.25, 0.3) is 0 Å².